The number of benzene rings is 1. The molecule has 3 nitrogen and oxygen atoms in total. The van der Waals surface area contributed by atoms with E-state index in [9.17, 15) is 4.79 Å². The molecule has 5 heteroatoms. The summed E-state index contributed by atoms with van der Waals surface area (Å²) in [5, 5.41) is 6.05. The van der Waals surface area contributed by atoms with E-state index in [1.54, 1.807) is 6.07 Å². The summed E-state index contributed by atoms with van der Waals surface area (Å²) in [5.74, 6) is -0.210. The van der Waals surface area contributed by atoms with Gasteiger partial charge in [0.2, 0.25) is 0 Å². The fourth-order valence-corrected chi connectivity index (χ4v) is 1.94. The van der Waals surface area contributed by atoms with E-state index in [0.717, 1.165) is 10.9 Å². The molecule has 0 radical (unpaired) electrons. The summed E-state index contributed by atoms with van der Waals surface area (Å²) >= 11 is 8.38. The Morgan fingerprint density at radius 3 is 2.71 bits per heavy atom. The van der Waals surface area contributed by atoms with Crippen LogP contribution >= 0.6 is 28.1 Å². The molecule has 1 amide bonds. The number of thiocarbonyl (C=S) groups is 1. The summed E-state index contributed by atoms with van der Waals surface area (Å²) < 4.78 is 0.754. The maximum Gasteiger partial charge on any atom is 0.258 e. The lowest BCUT2D eigenvalue weighted by molar-refractivity contribution is 0.0976. The third-order valence-corrected chi connectivity index (χ3v) is 3.25. The first-order valence-corrected chi connectivity index (χ1v) is 6.61. The number of hydrogen-bond donors (Lipinski definition) is 2. The molecular weight excluding hydrogens is 300 g/mol. The van der Waals surface area contributed by atoms with Crippen molar-refractivity contribution < 1.29 is 4.79 Å². The zero-order valence-electron chi connectivity index (χ0n) is 9.79. The summed E-state index contributed by atoms with van der Waals surface area (Å²) in [6.07, 6.45) is 0.949. The minimum atomic E-state index is -0.210. The number of carbonyl (C=O) groups excluding carboxylic acids is 1. The van der Waals surface area contributed by atoms with Gasteiger partial charge in [-0.25, -0.2) is 0 Å². The molecular formula is C12H15BrN2OS. The van der Waals surface area contributed by atoms with Crippen LogP contribution in [0.3, 0.4) is 0 Å². The van der Waals surface area contributed by atoms with Gasteiger partial charge in [0.15, 0.2) is 5.11 Å². The van der Waals surface area contributed by atoms with Crippen molar-refractivity contribution in [2.75, 3.05) is 0 Å². The van der Waals surface area contributed by atoms with Crippen molar-refractivity contribution in [3.8, 4) is 0 Å². The van der Waals surface area contributed by atoms with Crippen LogP contribution in [-0.2, 0) is 0 Å². The third-order valence-electron chi connectivity index (χ3n) is 2.34. The van der Waals surface area contributed by atoms with Crippen molar-refractivity contribution in [3.63, 3.8) is 0 Å². The number of hydrogen-bond acceptors (Lipinski definition) is 2. The predicted octanol–water partition coefficient (Wildman–Crippen LogP) is 2.85. The molecule has 0 bridgehead atoms. The highest BCUT2D eigenvalue weighted by Gasteiger charge is 2.11. The topological polar surface area (TPSA) is 41.1 Å². The Labute approximate surface area is 115 Å². The predicted molar refractivity (Wildman–Crippen MR) is 77.1 cm³/mol. The van der Waals surface area contributed by atoms with Gasteiger partial charge in [-0.2, -0.15) is 0 Å². The van der Waals surface area contributed by atoms with Crippen LogP contribution in [0.2, 0.25) is 0 Å². The monoisotopic (exact) mass is 314 g/mol. The number of carbonyl (C=O) groups is 1. The molecule has 17 heavy (non-hydrogen) atoms. The van der Waals surface area contributed by atoms with Crippen LogP contribution in [0.25, 0.3) is 0 Å². The normalized spacial score (nSPS) is 11.7. The molecule has 0 heterocycles. The van der Waals surface area contributed by atoms with Crippen LogP contribution in [0.15, 0.2) is 28.7 Å². The molecule has 1 atom stereocenters. The molecule has 1 unspecified atom stereocenters. The van der Waals surface area contributed by atoms with E-state index in [1.807, 2.05) is 25.1 Å². The lowest BCUT2D eigenvalue weighted by atomic mass is 10.2. The standard InChI is InChI=1S/C12H15BrN2OS/c1-3-8(2)14-12(17)15-11(16)9-6-4-5-7-10(9)13/h4-8H,3H2,1-2H3,(H2,14,15,16,17). The fraction of sp³-hybridized carbons (Fsp3) is 0.333. The Morgan fingerprint density at radius 2 is 2.12 bits per heavy atom. The molecule has 0 spiro atoms. The summed E-state index contributed by atoms with van der Waals surface area (Å²) in [4.78, 5) is 11.9. The van der Waals surface area contributed by atoms with Crippen molar-refractivity contribution in [1.29, 1.82) is 0 Å². The Hall–Kier alpha value is -0.940. The molecule has 1 rings (SSSR count). The average Bonchev–Trinajstić information content (AvgIpc) is 2.29. The second kappa shape index (κ2) is 6.71. The van der Waals surface area contributed by atoms with E-state index in [2.05, 4.69) is 33.5 Å². The molecule has 2 N–H and O–H groups in total. The van der Waals surface area contributed by atoms with Crippen LogP contribution in [0.5, 0.6) is 0 Å². The lowest BCUT2D eigenvalue weighted by Crippen LogP contribution is -2.43. The van der Waals surface area contributed by atoms with Crippen LogP contribution < -0.4 is 10.6 Å². The highest BCUT2D eigenvalue weighted by molar-refractivity contribution is 9.10. The van der Waals surface area contributed by atoms with Gasteiger partial charge in [-0.3, -0.25) is 10.1 Å². The Bertz CT molecular complexity index is 423. The van der Waals surface area contributed by atoms with E-state index < -0.39 is 0 Å². The summed E-state index contributed by atoms with van der Waals surface area (Å²) in [6.45, 7) is 4.06. The molecule has 0 saturated carbocycles. The van der Waals surface area contributed by atoms with Gasteiger partial charge in [-0.15, -0.1) is 0 Å². The summed E-state index contributed by atoms with van der Waals surface area (Å²) in [5.41, 5.74) is 0.570. The van der Waals surface area contributed by atoms with E-state index in [4.69, 9.17) is 12.2 Å². The van der Waals surface area contributed by atoms with Gasteiger partial charge < -0.3 is 5.32 Å². The smallest absolute Gasteiger partial charge is 0.258 e. The van der Waals surface area contributed by atoms with Crippen molar-refractivity contribution in [2.45, 2.75) is 26.3 Å². The van der Waals surface area contributed by atoms with Gasteiger partial charge in [0.1, 0.15) is 0 Å². The zero-order chi connectivity index (χ0) is 12.8. The maximum absolute atomic E-state index is 11.9. The Morgan fingerprint density at radius 1 is 1.47 bits per heavy atom. The summed E-state index contributed by atoms with van der Waals surface area (Å²) in [7, 11) is 0. The van der Waals surface area contributed by atoms with Gasteiger partial charge in [-0.05, 0) is 53.6 Å². The lowest BCUT2D eigenvalue weighted by Gasteiger charge is -2.14. The van der Waals surface area contributed by atoms with E-state index in [1.165, 1.54) is 0 Å². The van der Waals surface area contributed by atoms with Gasteiger partial charge in [0.25, 0.3) is 5.91 Å². The van der Waals surface area contributed by atoms with Crippen molar-refractivity contribution in [2.24, 2.45) is 0 Å². The number of amides is 1. The Kier molecular flexibility index (Phi) is 5.58. The highest BCUT2D eigenvalue weighted by atomic mass is 79.9. The van der Waals surface area contributed by atoms with E-state index >= 15 is 0 Å². The van der Waals surface area contributed by atoms with Crippen LogP contribution in [-0.4, -0.2) is 17.1 Å². The average molecular weight is 315 g/mol. The van der Waals surface area contributed by atoms with Gasteiger partial charge in [0, 0.05) is 10.5 Å². The Balaban J connectivity index is 2.61. The third kappa shape index (κ3) is 4.44. The van der Waals surface area contributed by atoms with Crippen molar-refractivity contribution in [1.82, 2.24) is 10.6 Å². The van der Waals surface area contributed by atoms with Crippen molar-refractivity contribution in [3.05, 3.63) is 34.3 Å². The first-order chi connectivity index (χ1) is 8.04. The molecule has 0 aliphatic carbocycles. The van der Waals surface area contributed by atoms with Crippen LogP contribution in [0.1, 0.15) is 30.6 Å². The van der Waals surface area contributed by atoms with Crippen LogP contribution in [0.4, 0.5) is 0 Å². The van der Waals surface area contributed by atoms with Gasteiger partial charge in [-0.1, -0.05) is 19.1 Å². The largest absolute Gasteiger partial charge is 0.360 e. The van der Waals surface area contributed by atoms with Gasteiger partial charge in [0.05, 0.1) is 5.56 Å². The second-order valence-corrected chi connectivity index (χ2v) is 4.98. The molecule has 92 valence electrons. The summed E-state index contributed by atoms with van der Waals surface area (Å²) in [6, 6.07) is 7.48. The number of rotatable bonds is 3. The number of halogens is 1. The van der Waals surface area contributed by atoms with Crippen molar-refractivity contribution >= 4 is 39.2 Å². The minimum Gasteiger partial charge on any atom is -0.360 e. The molecule has 0 saturated heterocycles. The zero-order valence-corrected chi connectivity index (χ0v) is 12.2. The highest BCUT2D eigenvalue weighted by Crippen LogP contribution is 2.15. The minimum absolute atomic E-state index is 0.210. The first-order valence-electron chi connectivity index (χ1n) is 5.41. The number of nitrogens with one attached hydrogen (secondary N) is 2. The molecule has 0 fully saturated rings. The SMILES string of the molecule is CCC(C)NC(=S)NC(=O)c1ccccc1Br. The first kappa shape index (κ1) is 14.1. The molecule has 0 aromatic heterocycles. The molecule has 1 aromatic carbocycles. The molecule has 0 aliphatic rings. The van der Waals surface area contributed by atoms with E-state index in [-0.39, 0.29) is 11.9 Å². The maximum atomic E-state index is 11.9. The molecule has 0 aliphatic heterocycles. The second-order valence-electron chi connectivity index (χ2n) is 3.72. The quantitative estimate of drug-likeness (QED) is 0.843. The van der Waals surface area contributed by atoms with Gasteiger partial charge >= 0.3 is 0 Å². The van der Waals surface area contributed by atoms with Crippen LogP contribution in [0, 0.1) is 0 Å². The van der Waals surface area contributed by atoms with E-state index in [0.29, 0.717) is 10.7 Å². The fourth-order valence-electron chi connectivity index (χ4n) is 1.18. The molecule has 1 aromatic rings.